The minimum atomic E-state index is 0. The predicted octanol–water partition coefficient (Wildman–Crippen LogP) is 5.29. The average molecular weight is 341 g/mol. The van der Waals surface area contributed by atoms with Crippen LogP contribution in [0.3, 0.4) is 0 Å². The van der Waals surface area contributed by atoms with Crippen LogP contribution in [0.2, 0.25) is 0 Å². The predicted molar refractivity (Wildman–Crippen MR) is 85.5 cm³/mol. The summed E-state index contributed by atoms with van der Waals surface area (Å²) in [4.78, 5) is 0. The number of rotatable bonds is 1. The third kappa shape index (κ3) is 14.6. The van der Waals surface area contributed by atoms with Crippen molar-refractivity contribution in [1.82, 2.24) is 0 Å². The first kappa shape index (κ1) is 20.9. The number of hydrogen-bond donors (Lipinski definition) is 0. The molecule has 2 aromatic rings. The molecule has 0 atom stereocenters. The molecule has 0 saturated carbocycles. The molecule has 0 N–H and O–H groups in total. The van der Waals surface area contributed by atoms with Crippen molar-refractivity contribution in [3.05, 3.63) is 110 Å². The van der Waals surface area contributed by atoms with E-state index >= 15 is 0 Å². The van der Waals surface area contributed by atoms with E-state index in [4.69, 9.17) is 6.58 Å². The molecule has 0 unspecified atom stereocenters. The van der Waals surface area contributed by atoms with Crippen LogP contribution < -0.4 is 0 Å². The second-order valence-electron chi connectivity index (χ2n) is 3.69. The Balaban J connectivity index is 0. The summed E-state index contributed by atoms with van der Waals surface area (Å²) in [7, 11) is 0. The van der Waals surface area contributed by atoms with E-state index in [9.17, 15) is 0 Å². The van der Waals surface area contributed by atoms with Crippen LogP contribution in [0.4, 0.5) is 0 Å². The van der Waals surface area contributed by atoms with Crippen molar-refractivity contribution < 1.29 is 26.2 Å². The van der Waals surface area contributed by atoms with Gasteiger partial charge < -0.3 is 0 Å². The molecular formula is C19H21Zr. The van der Waals surface area contributed by atoms with Gasteiger partial charge in [-0.05, 0) is 0 Å². The molecule has 0 saturated heterocycles. The summed E-state index contributed by atoms with van der Waals surface area (Å²) < 4.78 is 0. The second-order valence-corrected chi connectivity index (χ2v) is 3.69. The van der Waals surface area contributed by atoms with Crippen LogP contribution in [0.15, 0.2) is 78.9 Å². The van der Waals surface area contributed by atoms with E-state index in [1.54, 1.807) is 6.08 Å². The van der Waals surface area contributed by atoms with Crippen LogP contribution in [0.5, 0.6) is 0 Å². The van der Waals surface area contributed by atoms with Gasteiger partial charge in [0.15, 0.2) is 0 Å². The zero-order valence-corrected chi connectivity index (χ0v) is 14.5. The minimum Gasteiger partial charge on any atom is -0.293 e. The molecule has 101 valence electrons. The summed E-state index contributed by atoms with van der Waals surface area (Å²) in [5.41, 5.74) is 2.14. The van der Waals surface area contributed by atoms with Crippen molar-refractivity contribution in [3.8, 4) is 0 Å². The quantitative estimate of drug-likeness (QED) is 0.489. The van der Waals surface area contributed by atoms with E-state index in [1.807, 2.05) is 73.7 Å². The van der Waals surface area contributed by atoms with Gasteiger partial charge in [0.1, 0.15) is 0 Å². The van der Waals surface area contributed by atoms with Crippen molar-refractivity contribution in [2.75, 3.05) is 0 Å². The van der Waals surface area contributed by atoms with Gasteiger partial charge in [-0.2, -0.15) is 55.3 Å². The molecule has 0 fully saturated rings. The summed E-state index contributed by atoms with van der Waals surface area (Å²) in [5.74, 6) is 0. The number of hydrogen-bond acceptors (Lipinski definition) is 0. The molecule has 1 heteroatoms. The first-order valence-electron chi connectivity index (χ1n) is 6.11. The Kier molecular flexibility index (Phi) is 16.3. The molecule has 0 aliphatic heterocycles. The molecule has 0 aliphatic carbocycles. The summed E-state index contributed by atoms with van der Waals surface area (Å²) in [6, 6.07) is 19.7. The monoisotopic (exact) mass is 339 g/mol. The molecule has 0 nitrogen and oxygen atoms in total. The maximum absolute atomic E-state index is 4.93. The zero-order valence-electron chi connectivity index (χ0n) is 12.0. The SMILES string of the molecule is [CH-]=CC=CC.[CH2-]c1ccccc1.[CH2-]c1ccccc1.[Zr+3]. The van der Waals surface area contributed by atoms with Crippen LogP contribution in [-0.4, -0.2) is 0 Å². The Bertz CT molecular complexity index is 406. The number of allylic oxidation sites excluding steroid dienone is 3. The van der Waals surface area contributed by atoms with E-state index in [2.05, 4.69) is 13.8 Å². The van der Waals surface area contributed by atoms with Gasteiger partial charge in [0, 0.05) is 0 Å². The molecule has 0 amide bonds. The molecule has 1 radical (unpaired) electrons. The van der Waals surface area contributed by atoms with Gasteiger partial charge in [-0.15, -0.1) is 24.3 Å². The van der Waals surface area contributed by atoms with E-state index in [1.165, 1.54) is 6.08 Å². The van der Waals surface area contributed by atoms with Crippen LogP contribution in [0.25, 0.3) is 0 Å². The van der Waals surface area contributed by atoms with Gasteiger partial charge in [0.25, 0.3) is 0 Å². The first-order valence-corrected chi connectivity index (χ1v) is 6.11. The minimum absolute atomic E-state index is 0. The van der Waals surface area contributed by atoms with Gasteiger partial charge in [0.05, 0.1) is 0 Å². The van der Waals surface area contributed by atoms with Gasteiger partial charge in [-0.1, -0.05) is 19.1 Å². The van der Waals surface area contributed by atoms with Gasteiger partial charge in [0.2, 0.25) is 0 Å². The van der Waals surface area contributed by atoms with Crippen LogP contribution in [0, 0.1) is 20.4 Å². The van der Waals surface area contributed by atoms with Crippen LogP contribution in [0.1, 0.15) is 18.1 Å². The molecular weight excluding hydrogens is 319 g/mol. The fourth-order valence-corrected chi connectivity index (χ4v) is 1.07. The normalized spacial score (nSPS) is 8.25. The Hall–Kier alpha value is -1.46. The third-order valence-electron chi connectivity index (χ3n) is 1.99. The molecule has 20 heavy (non-hydrogen) atoms. The summed E-state index contributed by atoms with van der Waals surface area (Å²) in [5, 5.41) is 0. The van der Waals surface area contributed by atoms with Crippen LogP contribution in [-0.2, 0) is 26.2 Å². The van der Waals surface area contributed by atoms with Crippen molar-refractivity contribution in [3.63, 3.8) is 0 Å². The van der Waals surface area contributed by atoms with E-state index in [0.717, 1.165) is 11.1 Å². The Morgan fingerprint density at radius 3 is 1.25 bits per heavy atom. The van der Waals surface area contributed by atoms with Crippen molar-refractivity contribution >= 4 is 0 Å². The Morgan fingerprint density at radius 1 is 0.800 bits per heavy atom. The Morgan fingerprint density at radius 2 is 1.15 bits per heavy atom. The van der Waals surface area contributed by atoms with E-state index < -0.39 is 0 Å². The standard InChI is InChI=1S/2C7H7.C5H7.Zr/c2*1-7-5-3-2-4-6-7;1-3-5-4-2;/h2*2-6H,1H2;1,3-5H,2H3;/q3*-1;+3. The molecule has 0 spiro atoms. The molecule has 0 aromatic heterocycles. The maximum Gasteiger partial charge on any atom is 3.00 e. The van der Waals surface area contributed by atoms with Crippen molar-refractivity contribution in [2.45, 2.75) is 6.92 Å². The first-order chi connectivity index (χ1) is 9.20. The smallest absolute Gasteiger partial charge is 0.293 e. The number of benzene rings is 2. The second kappa shape index (κ2) is 15.6. The topological polar surface area (TPSA) is 0 Å². The van der Waals surface area contributed by atoms with Crippen LogP contribution >= 0.6 is 0 Å². The van der Waals surface area contributed by atoms with E-state index in [-0.39, 0.29) is 26.2 Å². The molecule has 0 heterocycles. The van der Waals surface area contributed by atoms with Gasteiger partial charge in [-0.25, -0.2) is 12.2 Å². The molecule has 2 aromatic carbocycles. The zero-order chi connectivity index (χ0) is 14.3. The summed E-state index contributed by atoms with van der Waals surface area (Å²) in [6.07, 6.45) is 5.15. The molecule has 2 rings (SSSR count). The largest absolute Gasteiger partial charge is 3.00 e. The van der Waals surface area contributed by atoms with Gasteiger partial charge >= 0.3 is 26.2 Å². The molecule has 0 aliphatic rings. The fourth-order valence-electron chi connectivity index (χ4n) is 1.07. The summed E-state index contributed by atoms with van der Waals surface area (Å²) >= 11 is 0. The fraction of sp³-hybridized carbons (Fsp3) is 0.0526. The maximum atomic E-state index is 4.93. The van der Waals surface area contributed by atoms with E-state index in [0.29, 0.717) is 0 Å². The third-order valence-corrected chi connectivity index (χ3v) is 1.99. The van der Waals surface area contributed by atoms with Gasteiger partial charge in [-0.3, -0.25) is 6.58 Å². The Labute approximate surface area is 143 Å². The van der Waals surface area contributed by atoms with Crippen molar-refractivity contribution in [2.24, 2.45) is 0 Å². The van der Waals surface area contributed by atoms with Crippen molar-refractivity contribution in [1.29, 1.82) is 0 Å². The summed E-state index contributed by atoms with van der Waals surface area (Å²) in [6.45, 7) is 14.3. The average Bonchev–Trinajstić information content (AvgIpc) is 2.43. The molecule has 0 bridgehead atoms.